The van der Waals surface area contributed by atoms with Crippen molar-refractivity contribution in [2.45, 2.75) is 62.1 Å². The van der Waals surface area contributed by atoms with Crippen molar-refractivity contribution in [2.24, 2.45) is 5.92 Å². The lowest BCUT2D eigenvalue weighted by Crippen LogP contribution is -2.74. The number of aliphatic hydroxyl groups is 1. The number of benzene rings is 1. The third-order valence-corrected chi connectivity index (χ3v) is 7.93. The van der Waals surface area contributed by atoms with Gasteiger partial charge >= 0.3 is 11.9 Å². The number of piperidine rings is 1. The maximum Gasteiger partial charge on any atom is 0.356 e. The summed E-state index contributed by atoms with van der Waals surface area (Å²) in [7, 11) is 4.19. The lowest BCUT2D eigenvalue weighted by atomic mass is 9.50. The second-order valence-corrected chi connectivity index (χ2v) is 10.1. The molecular formula is C23H28NO7P. The first kappa shape index (κ1) is 21.7. The molecule has 2 N–H and O–H groups in total. The number of phenolic OH excluding ortho intramolecular Hbond substituents is 1. The number of nitrogens with zero attached hydrogens (tertiary/aromatic N) is 1. The Morgan fingerprint density at radius 1 is 1.31 bits per heavy atom. The van der Waals surface area contributed by atoms with E-state index >= 15 is 0 Å². The van der Waals surface area contributed by atoms with Gasteiger partial charge in [-0.3, -0.25) is 4.79 Å². The zero-order valence-electron chi connectivity index (χ0n) is 18.3. The molecule has 1 aromatic carbocycles. The quantitative estimate of drug-likeness (QED) is 0.515. The van der Waals surface area contributed by atoms with Crippen LogP contribution in [0.2, 0.25) is 0 Å². The van der Waals surface area contributed by atoms with Crippen molar-refractivity contribution in [3.63, 3.8) is 0 Å². The molecule has 1 aromatic rings. The number of phenols is 1. The van der Waals surface area contributed by atoms with Gasteiger partial charge in [-0.15, -0.1) is 0 Å². The van der Waals surface area contributed by atoms with E-state index in [0.29, 0.717) is 18.6 Å². The van der Waals surface area contributed by atoms with Gasteiger partial charge in [0.15, 0.2) is 17.6 Å². The topological polar surface area (TPSA) is 106 Å². The largest absolute Gasteiger partial charge is 0.504 e. The van der Waals surface area contributed by atoms with Gasteiger partial charge in [0.2, 0.25) is 5.85 Å². The van der Waals surface area contributed by atoms with Crippen LogP contribution in [0, 0.1) is 5.92 Å². The van der Waals surface area contributed by atoms with Gasteiger partial charge in [0.25, 0.3) is 0 Å². The van der Waals surface area contributed by atoms with Gasteiger partial charge in [0, 0.05) is 18.0 Å². The Bertz CT molecular complexity index is 1040. The molecule has 5 rings (SSSR count). The Labute approximate surface area is 188 Å². The van der Waals surface area contributed by atoms with E-state index in [0.717, 1.165) is 17.7 Å². The molecule has 6 atom stereocenters. The number of aromatic hydroxyl groups is 1. The molecule has 32 heavy (non-hydrogen) atoms. The summed E-state index contributed by atoms with van der Waals surface area (Å²) in [6.07, 6.45) is 2.46. The highest BCUT2D eigenvalue weighted by atomic mass is 31.0. The van der Waals surface area contributed by atoms with Gasteiger partial charge in [-0.05, 0) is 44.1 Å². The van der Waals surface area contributed by atoms with Crippen LogP contribution in [-0.4, -0.2) is 64.2 Å². The van der Waals surface area contributed by atoms with Crippen LogP contribution in [0.3, 0.4) is 0 Å². The lowest BCUT2D eigenvalue weighted by molar-refractivity contribution is -0.173. The van der Waals surface area contributed by atoms with E-state index in [9.17, 15) is 19.8 Å². The standard InChI is InChI=1S/C23H28NO7P/c1-11(2)19(26)31-21(32)20(27)29-14-6-7-23(28)15-10-12-4-5-13(25)17-16(12)22(23,18(14)30-17)8-9-24(15)3/h4-6,11,15,18,21,25,28H,7-10,32H2,1-3H3/t15-,18?,21+,22?,23-/m1/s1. The second kappa shape index (κ2) is 7.17. The predicted octanol–water partition coefficient (Wildman–Crippen LogP) is 1.61. The van der Waals surface area contributed by atoms with Crippen LogP contribution in [0.4, 0.5) is 0 Å². The Morgan fingerprint density at radius 2 is 2.06 bits per heavy atom. The molecule has 2 aliphatic carbocycles. The molecule has 9 heteroatoms. The summed E-state index contributed by atoms with van der Waals surface area (Å²) in [6, 6.07) is 3.38. The molecule has 2 heterocycles. The number of ether oxygens (including phenoxy) is 3. The Kier molecular flexibility index (Phi) is 4.86. The number of hydrogen-bond donors (Lipinski definition) is 2. The van der Waals surface area contributed by atoms with Crippen molar-refractivity contribution < 1.29 is 34.0 Å². The lowest BCUT2D eigenvalue weighted by Gasteiger charge is -2.61. The normalized spacial score (nSPS) is 33.1. The van der Waals surface area contributed by atoms with E-state index < -0.39 is 34.9 Å². The van der Waals surface area contributed by atoms with Crippen LogP contribution in [0.5, 0.6) is 11.5 Å². The summed E-state index contributed by atoms with van der Waals surface area (Å²) in [5, 5.41) is 22.6. The Morgan fingerprint density at radius 3 is 2.78 bits per heavy atom. The van der Waals surface area contributed by atoms with Crippen molar-refractivity contribution in [2.75, 3.05) is 13.6 Å². The highest BCUT2D eigenvalue weighted by molar-refractivity contribution is 7.19. The SMILES string of the molecule is CC(C)C(=O)O[C@@H](P)C(=O)OC1=CC[C@@]2(O)[C@H]3Cc4ccc(O)c5c4C2(CCN3C)C1O5. The van der Waals surface area contributed by atoms with Crippen LogP contribution in [0.1, 0.15) is 37.8 Å². The molecule has 172 valence electrons. The highest BCUT2D eigenvalue weighted by Crippen LogP contribution is 2.65. The number of carbonyl (C=O) groups is 2. The van der Waals surface area contributed by atoms with Crippen LogP contribution >= 0.6 is 9.24 Å². The number of esters is 2. The van der Waals surface area contributed by atoms with Crippen LogP contribution < -0.4 is 4.74 Å². The van der Waals surface area contributed by atoms with Gasteiger partial charge in [0.1, 0.15) is 5.76 Å². The fourth-order valence-corrected chi connectivity index (χ4v) is 6.12. The van der Waals surface area contributed by atoms with Crippen molar-refractivity contribution in [3.05, 3.63) is 35.1 Å². The minimum absolute atomic E-state index is 0.00715. The third kappa shape index (κ3) is 2.72. The van der Waals surface area contributed by atoms with Crippen molar-refractivity contribution in [1.82, 2.24) is 4.90 Å². The Balaban J connectivity index is 1.53. The molecule has 0 radical (unpaired) electrons. The molecule has 8 nitrogen and oxygen atoms in total. The number of carbonyl (C=O) groups excluding carboxylic acids is 2. The Hall–Kier alpha value is -2.15. The van der Waals surface area contributed by atoms with E-state index in [-0.39, 0.29) is 29.9 Å². The number of likely N-dealkylation sites (N-methyl/N-ethyl adjacent to an activating group) is 1. The van der Waals surface area contributed by atoms with Gasteiger partial charge in [0.05, 0.1) is 16.9 Å². The predicted molar refractivity (Wildman–Crippen MR) is 117 cm³/mol. The molecule has 0 saturated carbocycles. The summed E-state index contributed by atoms with van der Waals surface area (Å²) < 4.78 is 17.1. The van der Waals surface area contributed by atoms with E-state index in [4.69, 9.17) is 14.2 Å². The average Bonchev–Trinajstić information content (AvgIpc) is 3.10. The van der Waals surface area contributed by atoms with E-state index in [1.807, 2.05) is 13.1 Å². The number of likely N-dealkylation sites (tertiary alicyclic amines) is 1. The maximum atomic E-state index is 12.7. The van der Waals surface area contributed by atoms with Crippen molar-refractivity contribution in [1.29, 1.82) is 0 Å². The molecule has 4 aliphatic rings. The molecule has 0 amide bonds. The fraction of sp³-hybridized carbons (Fsp3) is 0.565. The number of hydrogen-bond acceptors (Lipinski definition) is 8. The molecule has 0 aromatic heterocycles. The van der Waals surface area contributed by atoms with Crippen LogP contribution in [-0.2, 0) is 30.9 Å². The summed E-state index contributed by atoms with van der Waals surface area (Å²) in [5.41, 5.74) is -0.105. The maximum absolute atomic E-state index is 12.7. The molecule has 1 saturated heterocycles. The van der Waals surface area contributed by atoms with Gasteiger partial charge < -0.3 is 29.3 Å². The van der Waals surface area contributed by atoms with E-state index in [1.165, 1.54) is 0 Å². The zero-order valence-corrected chi connectivity index (χ0v) is 19.5. The van der Waals surface area contributed by atoms with Crippen molar-refractivity contribution >= 4 is 21.2 Å². The fourth-order valence-electron chi connectivity index (χ4n) is 5.92. The monoisotopic (exact) mass is 461 g/mol. The summed E-state index contributed by atoms with van der Waals surface area (Å²) >= 11 is 0. The summed E-state index contributed by atoms with van der Waals surface area (Å²) in [6.45, 7) is 4.10. The van der Waals surface area contributed by atoms with Crippen LogP contribution in [0.25, 0.3) is 0 Å². The molecular weight excluding hydrogens is 433 g/mol. The molecule has 2 bridgehead atoms. The van der Waals surface area contributed by atoms with E-state index in [1.54, 1.807) is 26.0 Å². The minimum Gasteiger partial charge on any atom is -0.504 e. The highest BCUT2D eigenvalue weighted by Gasteiger charge is 2.72. The first-order valence-corrected chi connectivity index (χ1v) is 11.6. The molecule has 1 fully saturated rings. The second-order valence-electron chi connectivity index (χ2n) is 9.54. The average molecular weight is 461 g/mol. The van der Waals surface area contributed by atoms with Crippen molar-refractivity contribution in [3.8, 4) is 11.5 Å². The molecule has 3 unspecified atom stereocenters. The van der Waals surface area contributed by atoms with Gasteiger partial charge in [-0.1, -0.05) is 29.2 Å². The van der Waals surface area contributed by atoms with Gasteiger partial charge in [-0.25, -0.2) is 4.79 Å². The zero-order chi connectivity index (χ0) is 23.0. The van der Waals surface area contributed by atoms with Gasteiger partial charge in [-0.2, -0.15) is 0 Å². The minimum atomic E-state index is -1.16. The van der Waals surface area contributed by atoms with Crippen LogP contribution in [0.15, 0.2) is 24.0 Å². The van der Waals surface area contributed by atoms with E-state index in [2.05, 4.69) is 14.1 Å². The summed E-state index contributed by atoms with van der Waals surface area (Å²) in [5.74, 6) is -2.13. The smallest absolute Gasteiger partial charge is 0.356 e. The first-order chi connectivity index (χ1) is 15.1. The third-order valence-electron chi connectivity index (χ3n) is 7.52. The number of rotatable bonds is 4. The summed E-state index contributed by atoms with van der Waals surface area (Å²) in [4.78, 5) is 26.8. The first-order valence-electron chi connectivity index (χ1n) is 10.9. The molecule has 1 spiro atoms. The molecule has 2 aliphatic heterocycles.